The van der Waals surface area contributed by atoms with E-state index in [-0.39, 0.29) is 0 Å². The van der Waals surface area contributed by atoms with Crippen LogP contribution in [-0.4, -0.2) is 12.0 Å². The summed E-state index contributed by atoms with van der Waals surface area (Å²) in [6, 6.07) is 12.6. The second-order valence-electron chi connectivity index (χ2n) is 3.47. The average molecular weight is 198 g/mol. The lowest BCUT2D eigenvalue weighted by Crippen LogP contribution is -2.04. The van der Waals surface area contributed by atoms with E-state index in [9.17, 15) is 0 Å². The Kier molecular flexibility index (Phi) is 3.10. The monoisotopic (exact) mass is 198 g/mol. The Morgan fingerprint density at radius 3 is 2.60 bits per heavy atom. The van der Waals surface area contributed by atoms with Crippen molar-refractivity contribution in [1.29, 1.82) is 0 Å². The molecule has 0 atom stereocenters. The zero-order chi connectivity index (χ0) is 10.5. The molecule has 2 heteroatoms. The molecule has 1 aromatic heterocycles. The number of aromatic nitrogens is 1. The molecule has 0 amide bonds. The molecule has 0 aliphatic heterocycles. The van der Waals surface area contributed by atoms with Gasteiger partial charge in [0.2, 0.25) is 0 Å². The molecule has 0 bridgehead atoms. The quantitative estimate of drug-likeness (QED) is 0.819. The Morgan fingerprint density at radius 1 is 1.07 bits per heavy atom. The zero-order valence-corrected chi connectivity index (χ0v) is 8.77. The van der Waals surface area contributed by atoms with E-state index in [1.54, 1.807) is 0 Å². The van der Waals surface area contributed by atoms with Crippen molar-refractivity contribution in [2.75, 3.05) is 7.05 Å². The Bertz CT molecular complexity index is 424. The van der Waals surface area contributed by atoms with Crippen molar-refractivity contribution >= 4 is 0 Å². The van der Waals surface area contributed by atoms with Gasteiger partial charge < -0.3 is 5.32 Å². The molecule has 2 nitrogen and oxygen atoms in total. The fourth-order valence-corrected chi connectivity index (χ4v) is 1.61. The molecule has 0 spiro atoms. The summed E-state index contributed by atoms with van der Waals surface area (Å²) < 4.78 is 0. The number of hydrogen-bond donors (Lipinski definition) is 1. The highest BCUT2D eigenvalue weighted by atomic mass is 14.8. The van der Waals surface area contributed by atoms with Gasteiger partial charge in [-0.3, -0.25) is 4.98 Å². The molecule has 0 saturated heterocycles. The lowest BCUT2D eigenvalue weighted by atomic mass is 10.0. The smallest absolute Gasteiger partial charge is 0.0273 e. The molecule has 0 saturated carbocycles. The molecule has 76 valence electrons. The first-order chi connectivity index (χ1) is 7.40. The van der Waals surface area contributed by atoms with Crippen LogP contribution < -0.4 is 5.32 Å². The van der Waals surface area contributed by atoms with Crippen molar-refractivity contribution in [3.8, 4) is 11.1 Å². The van der Waals surface area contributed by atoms with Crippen LogP contribution in [-0.2, 0) is 6.54 Å². The minimum atomic E-state index is 0.902. The number of rotatable bonds is 3. The van der Waals surface area contributed by atoms with E-state index in [0.29, 0.717) is 0 Å². The van der Waals surface area contributed by atoms with Crippen LogP contribution in [0.3, 0.4) is 0 Å². The molecule has 2 aromatic rings. The fraction of sp³-hybridized carbons (Fsp3) is 0.154. The van der Waals surface area contributed by atoms with Crippen molar-refractivity contribution in [2.45, 2.75) is 6.54 Å². The van der Waals surface area contributed by atoms with Crippen LogP contribution in [0.1, 0.15) is 5.56 Å². The highest BCUT2D eigenvalue weighted by Gasteiger charge is 1.97. The predicted octanol–water partition coefficient (Wildman–Crippen LogP) is 2.47. The predicted molar refractivity (Wildman–Crippen MR) is 62.4 cm³/mol. The van der Waals surface area contributed by atoms with E-state index >= 15 is 0 Å². The summed E-state index contributed by atoms with van der Waals surface area (Å²) in [6.07, 6.45) is 3.64. The summed E-state index contributed by atoms with van der Waals surface area (Å²) in [5.74, 6) is 0. The summed E-state index contributed by atoms with van der Waals surface area (Å²) in [7, 11) is 1.96. The zero-order valence-electron chi connectivity index (χ0n) is 8.77. The molecule has 1 heterocycles. The van der Waals surface area contributed by atoms with Crippen LogP contribution >= 0.6 is 0 Å². The van der Waals surface area contributed by atoms with E-state index in [1.807, 2.05) is 31.6 Å². The Labute approximate surface area is 90.0 Å². The van der Waals surface area contributed by atoms with Crippen molar-refractivity contribution < 1.29 is 0 Å². The van der Waals surface area contributed by atoms with Gasteiger partial charge >= 0.3 is 0 Å². The average Bonchev–Trinajstić information content (AvgIpc) is 2.31. The number of benzene rings is 1. The molecule has 15 heavy (non-hydrogen) atoms. The van der Waals surface area contributed by atoms with E-state index in [0.717, 1.165) is 6.54 Å². The van der Waals surface area contributed by atoms with E-state index in [4.69, 9.17) is 0 Å². The maximum absolute atomic E-state index is 4.02. The third-order valence-corrected chi connectivity index (χ3v) is 2.32. The molecular weight excluding hydrogens is 184 g/mol. The molecule has 1 aromatic carbocycles. The van der Waals surface area contributed by atoms with Crippen LogP contribution in [0, 0.1) is 0 Å². The normalized spacial score (nSPS) is 10.2. The summed E-state index contributed by atoms with van der Waals surface area (Å²) in [6.45, 7) is 0.902. The first-order valence-corrected chi connectivity index (χ1v) is 5.04. The standard InChI is InChI=1S/C13H14N2/c1-14-10-11-3-2-4-13(9-11)12-5-7-15-8-6-12/h2-9,14H,10H2,1H3. The minimum Gasteiger partial charge on any atom is -0.316 e. The summed E-state index contributed by atoms with van der Waals surface area (Å²) in [5.41, 5.74) is 3.75. The Hall–Kier alpha value is -1.67. The second kappa shape index (κ2) is 4.71. The van der Waals surface area contributed by atoms with Gasteiger partial charge in [-0.05, 0) is 41.9 Å². The van der Waals surface area contributed by atoms with Crippen LogP contribution in [0.2, 0.25) is 0 Å². The molecule has 2 rings (SSSR count). The molecule has 0 fully saturated rings. The van der Waals surface area contributed by atoms with E-state index < -0.39 is 0 Å². The van der Waals surface area contributed by atoms with Gasteiger partial charge in [-0.1, -0.05) is 18.2 Å². The number of nitrogens with zero attached hydrogens (tertiary/aromatic N) is 1. The van der Waals surface area contributed by atoms with Crippen molar-refractivity contribution in [1.82, 2.24) is 10.3 Å². The fourth-order valence-electron chi connectivity index (χ4n) is 1.61. The van der Waals surface area contributed by atoms with E-state index in [1.165, 1.54) is 16.7 Å². The van der Waals surface area contributed by atoms with Gasteiger partial charge in [-0.25, -0.2) is 0 Å². The van der Waals surface area contributed by atoms with Crippen LogP contribution in [0.15, 0.2) is 48.8 Å². The van der Waals surface area contributed by atoms with E-state index in [2.05, 4.69) is 34.6 Å². The molecule has 0 unspecified atom stereocenters. The van der Waals surface area contributed by atoms with Gasteiger partial charge in [0.1, 0.15) is 0 Å². The third-order valence-electron chi connectivity index (χ3n) is 2.32. The summed E-state index contributed by atoms with van der Waals surface area (Å²) in [5, 5.41) is 3.15. The van der Waals surface area contributed by atoms with Crippen molar-refractivity contribution in [2.24, 2.45) is 0 Å². The van der Waals surface area contributed by atoms with Crippen LogP contribution in [0.5, 0.6) is 0 Å². The summed E-state index contributed by atoms with van der Waals surface area (Å²) >= 11 is 0. The SMILES string of the molecule is CNCc1cccc(-c2ccncc2)c1. The molecule has 1 N–H and O–H groups in total. The van der Waals surface area contributed by atoms with Crippen molar-refractivity contribution in [3.63, 3.8) is 0 Å². The minimum absolute atomic E-state index is 0.902. The lowest BCUT2D eigenvalue weighted by Gasteiger charge is -2.04. The number of nitrogens with one attached hydrogen (secondary N) is 1. The summed E-state index contributed by atoms with van der Waals surface area (Å²) in [4.78, 5) is 4.02. The van der Waals surface area contributed by atoms with Gasteiger partial charge in [-0.2, -0.15) is 0 Å². The van der Waals surface area contributed by atoms with Crippen LogP contribution in [0.4, 0.5) is 0 Å². The third kappa shape index (κ3) is 2.42. The van der Waals surface area contributed by atoms with Gasteiger partial charge in [0.15, 0.2) is 0 Å². The number of pyridine rings is 1. The van der Waals surface area contributed by atoms with Gasteiger partial charge in [0, 0.05) is 18.9 Å². The molecular formula is C13H14N2. The largest absolute Gasteiger partial charge is 0.316 e. The molecule has 0 aliphatic carbocycles. The Balaban J connectivity index is 2.33. The highest BCUT2D eigenvalue weighted by Crippen LogP contribution is 2.19. The maximum atomic E-state index is 4.02. The van der Waals surface area contributed by atoms with Crippen molar-refractivity contribution in [3.05, 3.63) is 54.4 Å². The highest BCUT2D eigenvalue weighted by molar-refractivity contribution is 5.63. The Morgan fingerprint density at radius 2 is 1.87 bits per heavy atom. The van der Waals surface area contributed by atoms with Crippen LogP contribution in [0.25, 0.3) is 11.1 Å². The first-order valence-electron chi connectivity index (χ1n) is 5.04. The second-order valence-corrected chi connectivity index (χ2v) is 3.47. The lowest BCUT2D eigenvalue weighted by molar-refractivity contribution is 0.818. The topological polar surface area (TPSA) is 24.9 Å². The molecule has 0 aliphatic rings. The maximum Gasteiger partial charge on any atom is 0.0273 e. The van der Waals surface area contributed by atoms with Gasteiger partial charge in [-0.15, -0.1) is 0 Å². The number of hydrogen-bond acceptors (Lipinski definition) is 2. The first kappa shape index (κ1) is 9.87. The molecule has 0 radical (unpaired) electrons. The van der Waals surface area contributed by atoms with Gasteiger partial charge in [0.05, 0.1) is 0 Å². The van der Waals surface area contributed by atoms with Gasteiger partial charge in [0.25, 0.3) is 0 Å².